The number of aliphatic hydroxyl groups excluding tert-OH is 1. The molecule has 2 fully saturated rings. The first-order chi connectivity index (χ1) is 9.04. The molecule has 110 valence electrons. The highest BCUT2D eigenvalue weighted by Crippen LogP contribution is 2.44. The Morgan fingerprint density at radius 3 is 2.79 bits per heavy atom. The van der Waals surface area contributed by atoms with Gasteiger partial charge in [0.05, 0.1) is 12.7 Å². The molecular formula is C15H27NO3. The summed E-state index contributed by atoms with van der Waals surface area (Å²) < 4.78 is 5.87. The van der Waals surface area contributed by atoms with Crippen molar-refractivity contribution in [2.24, 2.45) is 11.3 Å². The van der Waals surface area contributed by atoms with Gasteiger partial charge in [-0.05, 0) is 38.5 Å². The van der Waals surface area contributed by atoms with E-state index >= 15 is 0 Å². The quantitative estimate of drug-likeness (QED) is 0.774. The Morgan fingerprint density at radius 2 is 2.21 bits per heavy atom. The summed E-state index contributed by atoms with van der Waals surface area (Å²) in [4.78, 5) is 12.0. The summed E-state index contributed by atoms with van der Waals surface area (Å²) in [6.45, 7) is 4.82. The largest absolute Gasteiger partial charge is 0.396 e. The minimum absolute atomic E-state index is 0.0330. The number of amides is 1. The lowest BCUT2D eigenvalue weighted by Crippen LogP contribution is -2.40. The lowest BCUT2D eigenvalue weighted by atomic mass is 9.88. The summed E-state index contributed by atoms with van der Waals surface area (Å²) in [6, 6.07) is 0. The second kappa shape index (κ2) is 6.23. The van der Waals surface area contributed by atoms with Crippen LogP contribution in [0.15, 0.2) is 0 Å². The fourth-order valence-electron chi connectivity index (χ4n) is 2.84. The molecule has 0 radical (unpaired) electrons. The molecular weight excluding hydrogens is 242 g/mol. The van der Waals surface area contributed by atoms with Gasteiger partial charge in [0.25, 0.3) is 0 Å². The maximum absolute atomic E-state index is 12.0. The Kier molecular flexibility index (Phi) is 4.85. The molecule has 4 heteroatoms. The van der Waals surface area contributed by atoms with Crippen molar-refractivity contribution in [3.63, 3.8) is 0 Å². The zero-order valence-electron chi connectivity index (χ0n) is 12.2. The Bertz CT molecular complexity index is 315. The van der Waals surface area contributed by atoms with Crippen LogP contribution in [0.5, 0.6) is 0 Å². The van der Waals surface area contributed by atoms with Crippen LogP contribution in [-0.4, -0.2) is 36.4 Å². The van der Waals surface area contributed by atoms with E-state index in [2.05, 4.69) is 12.2 Å². The first-order valence-corrected chi connectivity index (χ1v) is 7.59. The maximum Gasteiger partial charge on any atom is 0.248 e. The number of carbonyl (C=O) groups is 1. The molecule has 0 aliphatic heterocycles. The van der Waals surface area contributed by atoms with Crippen molar-refractivity contribution < 1.29 is 14.6 Å². The van der Waals surface area contributed by atoms with Crippen LogP contribution in [0.3, 0.4) is 0 Å². The highest BCUT2D eigenvalue weighted by Gasteiger charge is 2.42. The molecule has 0 aromatic rings. The first-order valence-electron chi connectivity index (χ1n) is 7.59. The van der Waals surface area contributed by atoms with Gasteiger partial charge in [0.1, 0.15) is 6.10 Å². The molecule has 2 aliphatic carbocycles. The summed E-state index contributed by atoms with van der Waals surface area (Å²) in [5.74, 6) is 0.663. The van der Waals surface area contributed by atoms with E-state index in [1.807, 2.05) is 6.92 Å². The molecule has 0 saturated heterocycles. The van der Waals surface area contributed by atoms with Gasteiger partial charge in [-0.1, -0.05) is 19.8 Å². The van der Waals surface area contributed by atoms with E-state index in [0.717, 1.165) is 25.7 Å². The van der Waals surface area contributed by atoms with Crippen molar-refractivity contribution in [3.05, 3.63) is 0 Å². The van der Waals surface area contributed by atoms with Gasteiger partial charge in [0.2, 0.25) is 5.91 Å². The fraction of sp³-hybridized carbons (Fsp3) is 0.933. The van der Waals surface area contributed by atoms with Gasteiger partial charge in [-0.15, -0.1) is 0 Å². The van der Waals surface area contributed by atoms with E-state index in [-0.39, 0.29) is 30.1 Å². The summed E-state index contributed by atoms with van der Waals surface area (Å²) in [5.41, 5.74) is -0.0330. The third-order valence-electron chi connectivity index (χ3n) is 4.58. The number of aliphatic hydroxyl groups is 1. The topological polar surface area (TPSA) is 58.6 Å². The molecule has 3 unspecified atom stereocenters. The molecule has 0 aromatic heterocycles. The first kappa shape index (κ1) is 14.8. The van der Waals surface area contributed by atoms with Crippen LogP contribution in [0.1, 0.15) is 52.4 Å². The average Bonchev–Trinajstić information content (AvgIpc) is 3.16. The number of hydrogen-bond donors (Lipinski definition) is 2. The summed E-state index contributed by atoms with van der Waals surface area (Å²) in [5, 5.41) is 12.1. The van der Waals surface area contributed by atoms with E-state index in [1.165, 1.54) is 12.8 Å². The van der Waals surface area contributed by atoms with Crippen LogP contribution in [0, 0.1) is 11.3 Å². The second-order valence-electron chi connectivity index (χ2n) is 6.55. The molecule has 2 aliphatic rings. The third-order valence-corrected chi connectivity index (χ3v) is 4.58. The minimum Gasteiger partial charge on any atom is -0.396 e. The monoisotopic (exact) mass is 269 g/mol. The smallest absolute Gasteiger partial charge is 0.248 e. The van der Waals surface area contributed by atoms with Gasteiger partial charge in [0, 0.05) is 12.0 Å². The van der Waals surface area contributed by atoms with Crippen molar-refractivity contribution in [1.82, 2.24) is 5.32 Å². The Balaban J connectivity index is 1.69. The van der Waals surface area contributed by atoms with Crippen molar-refractivity contribution in [3.8, 4) is 0 Å². The number of rotatable bonds is 6. The van der Waals surface area contributed by atoms with E-state index in [9.17, 15) is 9.90 Å². The number of carbonyl (C=O) groups excluding carboxylic acids is 1. The molecule has 3 atom stereocenters. The van der Waals surface area contributed by atoms with Gasteiger partial charge in [-0.3, -0.25) is 4.79 Å². The summed E-state index contributed by atoms with van der Waals surface area (Å²) in [7, 11) is 0. The molecule has 0 spiro atoms. The van der Waals surface area contributed by atoms with Gasteiger partial charge >= 0.3 is 0 Å². The molecule has 4 nitrogen and oxygen atoms in total. The molecule has 0 bridgehead atoms. The van der Waals surface area contributed by atoms with Crippen molar-refractivity contribution in [2.45, 2.75) is 64.6 Å². The highest BCUT2D eigenvalue weighted by molar-refractivity contribution is 5.80. The molecule has 1 amide bonds. The minimum atomic E-state index is -0.384. The molecule has 2 N–H and O–H groups in total. The highest BCUT2D eigenvalue weighted by atomic mass is 16.5. The zero-order chi connectivity index (χ0) is 13.9. The SMILES string of the molecule is CC1CCCC(OC(C)C(=O)NCC2(CO)CC2)C1. The van der Waals surface area contributed by atoms with E-state index < -0.39 is 0 Å². The lowest BCUT2D eigenvalue weighted by Gasteiger charge is -2.29. The molecule has 2 rings (SSSR count). The molecule has 19 heavy (non-hydrogen) atoms. The van der Waals surface area contributed by atoms with Crippen LogP contribution >= 0.6 is 0 Å². The van der Waals surface area contributed by atoms with E-state index in [1.54, 1.807) is 0 Å². The van der Waals surface area contributed by atoms with Crippen LogP contribution in [0.2, 0.25) is 0 Å². The van der Waals surface area contributed by atoms with Gasteiger partial charge in [0.15, 0.2) is 0 Å². The van der Waals surface area contributed by atoms with Gasteiger partial charge < -0.3 is 15.2 Å². The van der Waals surface area contributed by atoms with E-state index in [4.69, 9.17) is 4.74 Å². The number of ether oxygens (including phenoxy) is 1. The van der Waals surface area contributed by atoms with Crippen molar-refractivity contribution in [1.29, 1.82) is 0 Å². The van der Waals surface area contributed by atoms with Gasteiger partial charge in [-0.2, -0.15) is 0 Å². The number of hydrogen-bond acceptors (Lipinski definition) is 3. The average molecular weight is 269 g/mol. The molecule has 0 heterocycles. The van der Waals surface area contributed by atoms with Crippen LogP contribution in [-0.2, 0) is 9.53 Å². The van der Waals surface area contributed by atoms with Crippen LogP contribution in [0.4, 0.5) is 0 Å². The molecule has 2 saturated carbocycles. The van der Waals surface area contributed by atoms with Crippen molar-refractivity contribution in [2.75, 3.05) is 13.2 Å². The normalized spacial score (nSPS) is 30.7. The molecule has 0 aromatic carbocycles. The van der Waals surface area contributed by atoms with Gasteiger partial charge in [-0.25, -0.2) is 0 Å². The summed E-state index contributed by atoms with van der Waals surface area (Å²) >= 11 is 0. The predicted octanol–water partition coefficient (Wildman–Crippen LogP) is 1.86. The van der Waals surface area contributed by atoms with Crippen molar-refractivity contribution >= 4 is 5.91 Å². The summed E-state index contributed by atoms with van der Waals surface area (Å²) in [6.07, 6.45) is 6.49. The third kappa shape index (κ3) is 4.18. The lowest BCUT2D eigenvalue weighted by molar-refractivity contribution is -0.137. The fourth-order valence-corrected chi connectivity index (χ4v) is 2.84. The Hall–Kier alpha value is -0.610. The number of nitrogens with one attached hydrogen (secondary N) is 1. The Morgan fingerprint density at radius 1 is 1.47 bits per heavy atom. The van der Waals surface area contributed by atoms with Crippen LogP contribution < -0.4 is 5.32 Å². The predicted molar refractivity (Wildman–Crippen MR) is 73.7 cm³/mol. The second-order valence-corrected chi connectivity index (χ2v) is 6.55. The maximum atomic E-state index is 12.0. The Labute approximate surface area is 115 Å². The zero-order valence-corrected chi connectivity index (χ0v) is 12.2. The van der Waals surface area contributed by atoms with E-state index in [0.29, 0.717) is 12.5 Å². The standard InChI is InChI=1S/C15H27NO3/c1-11-4-3-5-13(8-11)19-12(2)14(18)16-9-15(10-17)6-7-15/h11-13,17H,3-10H2,1-2H3,(H,16,18). The van der Waals surface area contributed by atoms with Crippen LogP contribution in [0.25, 0.3) is 0 Å².